The molecule has 0 radical (unpaired) electrons. The van der Waals surface area contributed by atoms with E-state index in [-0.39, 0.29) is 11.7 Å². The van der Waals surface area contributed by atoms with Crippen LogP contribution in [0.5, 0.6) is 0 Å². The first kappa shape index (κ1) is 12.3. The van der Waals surface area contributed by atoms with E-state index in [1.54, 1.807) is 0 Å². The molecule has 0 aliphatic heterocycles. The lowest BCUT2D eigenvalue weighted by Gasteiger charge is -2.14. The van der Waals surface area contributed by atoms with E-state index in [0.717, 1.165) is 11.6 Å². The van der Waals surface area contributed by atoms with Crippen molar-refractivity contribution in [3.8, 4) is 0 Å². The van der Waals surface area contributed by atoms with E-state index < -0.39 is 11.6 Å². The Labute approximate surface area is 107 Å². The smallest absolute Gasteiger partial charge is 0.149 e. The minimum Gasteiger partial charge on any atom is -0.376 e. The molecule has 1 atom stereocenters. The normalized spacial score (nSPS) is 12.5. The van der Waals surface area contributed by atoms with Gasteiger partial charge in [0.05, 0.1) is 10.0 Å². The second-order valence-corrected chi connectivity index (χ2v) is 5.22. The van der Waals surface area contributed by atoms with Crippen molar-refractivity contribution >= 4 is 28.6 Å². The molecule has 2 rings (SSSR count). The molecule has 1 aromatic carbocycles. The van der Waals surface area contributed by atoms with Crippen molar-refractivity contribution in [1.82, 2.24) is 0 Å². The summed E-state index contributed by atoms with van der Waals surface area (Å²) in [4.78, 5) is 0. The SMILES string of the molecule is CC(Nc1ccc(F)cc1F)c1csc(Cl)c1. The molecule has 2 aromatic rings. The number of halogens is 3. The quantitative estimate of drug-likeness (QED) is 0.843. The number of nitrogens with one attached hydrogen (secondary N) is 1. The predicted octanol–water partition coefficient (Wildman–Crippen LogP) is 4.85. The first-order valence-corrected chi connectivity index (χ1v) is 6.27. The van der Waals surface area contributed by atoms with Gasteiger partial charge < -0.3 is 5.32 Å². The Morgan fingerprint density at radius 2 is 2.06 bits per heavy atom. The molecule has 17 heavy (non-hydrogen) atoms. The molecule has 0 spiro atoms. The summed E-state index contributed by atoms with van der Waals surface area (Å²) in [5.74, 6) is -1.18. The van der Waals surface area contributed by atoms with Crippen molar-refractivity contribution in [2.75, 3.05) is 5.32 Å². The van der Waals surface area contributed by atoms with Crippen molar-refractivity contribution in [2.45, 2.75) is 13.0 Å². The van der Waals surface area contributed by atoms with Crippen LogP contribution in [-0.2, 0) is 0 Å². The van der Waals surface area contributed by atoms with Crippen molar-refractivity contribution in [1.29, 1.82) is 0 Å². The molecule has 0 aliphatic carbocycles. The Morgan fingerprint density at radius 3 is 2.65 bits per heavy atom. The molecule has 1 heterocycles. The van der Waals surface area contributed by atoms with Crippen LogP contribution >= 0.6 is 22.9 Å². The zero-order chi connectivity index (χ0) is 12.4. The molecule has 0 saturated heterocycles. The lowest BCUT2D eigenvalue weighted by atomic mass is 10.1. The van der Waals surface area contributed by atoms with Crippen LogP contribution in [0.2, 0.25) is 4.34 Å². The molecule has 90 valence electrons. The molecule has 1 aromatic heterocycles. The van der Waals surface area contributed by atoms with E-state index >= 15 is 0 Å². The van der Waals surface area contributed by atoms with Gasteiger partial charge in [-0.3, -0.25) is 0 Å². The van der Waals surface area contributed by atoms with Gasteiger partial charge in [0.25, 0.3) is 0 Å². The zero-order valence-electron chi connectivity index (χ0n) is 9.01. The maximum Gasteiger partial charge on any atom is 0.149 e. The molecule has 5 heteroatoms. The third-order valence-electron chi connectivity index (χ3n) is 2.39. The molecular formula is C12H10ClF2NS. The minimum absolute atomic E-state index is 0.0845. The molecule has 1 nitrogen and oxygen atoms in total. The van der Waals surface area contributed by atoms with Gasteiger partial charge in [0, 0.05) is 12.1 Å². The maximum atomic E-state index is 13.4. The van der Waals surface area contributed by atoms with E-state index in [0.29, 0.717) is 4.34 Å². The van der Waals surface area contributed by atoms with Crippen LogP contribution < -0.4 is 5.32 Å². The van der Waals surface area contributed by atoms with Crippen molar-refractivity contribution < 1.29 is 8.78 Å². The highest BCUT2D eigenvalue weighted by atomic mass is 35.5. The van der Waals surface area contributed by atoms with E-state index in [4.69, 9.17) is 11.6 Å². The Morgan fingerprint density at radius 1 is 1.29 bits per heavy atom. The fourth-order valence-corrected chi connectivity index (χ4v) is 2.46. The Kier molecular flexibility index (Phi) is 3.64. The van der Waals surface area contributed by atoms with E-state index in [1.807, 2.05) is 18.4 Å². The summed E-state index contributed by atoms with van der Waals surface area (Å²) in [7, 11) is 0. The summed E-state index contributed by atoms with van der Waals surface area (Å²) in [6, 6.07) is 5.20. The molecule has 0 fully saturated rings. The van der Waals surface area contributed by atoms with Crippen molar-refractivity contribution in [3.63, 3.8) is 0 Å². The van der Waals surface area contributed by atoms with Gasteiger partial charge in [0.1, 0.15) is 11.6 Å². The molecule has 0 amide bonds. The number of benzene rings is 1. The van der Waals surface area contributed by atoms with Crippen LogP contribution in [0.25, 0.3) is 0 Å². The fraction of sp³-hybridized carbons (Fsp3) is 0.167. The number of thiophene rings is 1. The van der Waals surface area contributed by atoms with Gasteiger partial charge in [-0.2, -0.15) is 0 Å². The lowest BCUT2D eigenvalue weighted by Crippen LogP contribution is -2.07. The van der Waals surface area contributed by atoms with Crippen LogP contribution in [0.3, 0.4) is 0 Å². The standard InChI is InChI=1S/C12H10ClF2NS/c1-7(8-4-12(13)17-6-8)16-11-3-2-9(14)5-10(11)15/h2-7,16H,1H3. The van der Waals surface area contributed by atoms with Crippen LogP contribution in [-0.4, -0.2) is 0 Å². The van der Waals surface area contributed by atoms with Gasteiger partial charge in [-0.15, -0.1) is 11.3 Å². The second-order valence-electron chi connectivity index (χ2n) is 3.67. The minimum atomic E-state index is -0.599. The second kappa shape index (κ2) is 5.02. The van der Waals surface area contributed by atoms with Crippen molar-refractivity contribution in [2.24, 2.45) is 0 Å². The highest BCUT2D eigenvalue weighted by molar-refractivity contribution is 7.14. The number of hydrogen-bond donors (Lipinski definition) is 1. The summed E-state index contributed by atoms with van der Waals surface area (Å²) >= 11 is 7.25. The van der Waals surface area contributed by atoms with Crippen molar-refractivity contribution in [3.05, 3.63) is 51.2 Å². The molecule has 0 bridgehead atoms. The van der Waals surface area contributed by atoms with Crippen LogP contribution in [0.15, 0.2) is 29.6 Å². The predicted molar refractivity (Wildman–Crippen MR) is 67.7 cm³/mol. The Bertz CT molecular complexity index is 527. The molecule has 1 unspecified atom stereocenters. The number of rotatable bonds is 3. The fourth-order valence-electron chi connectivity index (χ4n) is 1.47. The Hall–Kier alpha value is -1.13. The van der Waals surface area contributed by atoms with Gasteiger partial charge in [-0.1, -0.05) is 11.6 Å². The van der Waals surface area contributed by atoms with Gasteiger partial charge in [0.15, 0.2) is 0 Å². The summed E-state index contributed by atoms with van der Waals surface area (Å²) in [5, 5.41) is 4.88. The summed E-state index contributed by atoms with van der Waals surface area (Å²) in [6.07, 6.45) is 0. The van der Waals surface area contributed by atoms with Gasteiger partial charge in [-0.05, 0) is 36.1 Å². The van der Waals surface area contributed by atoms with Gasteiger partial charge in [0.2, 0.25) is 0 Å². The van der Waals surface area contributed by atoms with E-state index in [2.05, 4.69) is 5.32 Å². The molecule has 0 saturated carbocycles. The first-order chi connectivity index (χ1) is 8.06. The third-order valence-corrected chi connectivity index (χ3v) is 3.50. The van der Waals surface area contributed by atoms with Gasteiger partial charge in [-0.25, -0.2) is 8.78 Å². The molecule has 0 aliphatic rings. The zero-order valence-corrected chi connectivity index (χ0v) is 10.6. The van der Waals surface area contributed by atoms with Crippen LogP contribution in [0, 0.1) is 11.6 Å². The summed E-state index contributed by atoms with van der Waals surface area (Å²) in [6.45, 7) is 1.89. The van der Waals surface area contributed by atoms with Crippen LogP contribution in [0.4, 0.5) is 14.5 Å². The Balaban J connectivity index is 2.15. The average molecular weight is 274 g/mol. The summed E-state index contributed by atoms with van der Waals surface area (Å²) < 4.78 is 26.8. The molecule has 1 N–H and O–H groups in total. The third kappa shape index (κ3) is 2.96. The largest absolute Gasteiger partial charge is 0.376 e. The van der Waals surface area contributed by atoms with Crippen LogP contribution in [0.1, 0.15) is 18.5 Å². The highest BCUT2D eigenvalue weighted by Crippen LogP contribution is 2.27. The molecular weight excluding hydrogens is 264 g/mol. The topological polar surface area (TPSA) is 12.0 Å². The highest BCUT2D eigenvalue weighted by Gasteiger charge is 2.10. The average Bonchev–Trinajstić information content (AvgIpc) is 2.69. The first-order valence-electron chi connectivity index (χ1n) is 5.02. The number of anilines is 1. The van der Waals surface area contributed by atoms with E-state index in [1.165, 1.54) is 23.5 Å². The summed E-state index contributed by atoms with van der Waals surface area (Å²) in [5.41, 5.74) is 1.25. The number of hydrogen-bond acceptors (Lipinski definition) is 2. The lowest BCUT2D eigenvalue weighted by molar-refractivity contribution is 0.584. The maximum absolute atomic E-state index is 13.4. The van der Waals surface area contributed by atoms with E-state index in [9.17, 15) is 8.78 Å². The van der Waals surface area contributed by atoms with Gasteiger partial charge >= 0.3 is 0 Å². The monoisotopic (exact) mass is 273 g/mol.